The van der Waals surface area contributed by atoms with E-state index >= 15 is 0 Å². The summed E-state index contributed by atoms with van der Waals surface area (Å²) < 4.78 is 0. The van der Waals surface area contributed by atoms with Gasteiger partial charge in [-0.1, -0.05) is 38.3 Å². The summed E-state index contributed by atoms with van der Waals surface area (Å²) in [6.07, 6.45) is 11.9. The van der Waals surface area contributed by atoms with Crippen molar-refractivity contribution in [2.75, 3.05) is 13.6 Å². The van der Waals surface area contributed by atoms with E-state index in [1.807, 2.05) is 7.05 Å². The highest BCUT2D eigenvalue weighted by molar-refractivity contribution is 14.0. The van der Waals surface area contributed by atoms with Gasteiger partial charge in [-0.05, 0) is 19.3 Å². The maximum absolute atomic E-state index is 4.24. The molecule has 0 atom stereocenters. The third kappa shape index (κ3) is 7.63. The van der Waals surface area contributed by atoms with Crippen LogP contribution in [0.4, 0.5) is 0 Å². The van der Waals surface area contributed by atoms with Crippen molar-refractivity contribution in [3.05, 3.63) is 12.2 Å². The highest BCUT2D eigenvalue weighted by atomic mass is 127. The summed E-state index contributed by atoms with van der Waals surface area (Å²) in [5.41, 5.74) is 0. The maximum Gasteiger partial charge on any atom is 0.191 e. The third-order valence-electron chi connectivity index (χ3n) is 2.90. The van der Waals surface area contributed by atoms with E-state index in [2.05, 4.69) is 34.7 Å². The Hall–Kier alpha value is -0.260. The van der Waals surface area contributed by atoms with E-state index in [9.17, 15) is 0 Å². The Morgan fingerprint density at radius 2 is 1.94 bits per heavy atom. The van der Waals surface area contributed by atoms with E-state index in [0.717, 1.165) is 25.3 Å². The van der Waals surface area contributed by atoms with Gasteiger partial charge in [-0.3, -0.25) is 4.99 Å². The minimum atomic E-state index is 0. The van der Waals surface area contributed by atoms with Crippen LogP contribution in [0.2, 0.25) is 0 Å². The molecular formula is C13H26IN3. The summed E-state index contributed by atoms with van der Waals surface area (Å²) in [6.45, 7) is 3.26. The highest BCUT2D eigenvalue weighted by Crippen LogP contribution is 2.08. The molecule has 0 aromatic heterocycles. The first kappa shape index (κ1) is 16.7. The van der Waals surface area contributed by atoms with Crippen molar-refractivity contribution >= 4 is 29.9 Å². The molecule has 17 heavy (non-hydrogen) atoms. The fraction of sp³-hybridized carbons (Fsp3) is 0.769. The second kappa shape index (κ2) is 10.9. The number of nitrogens with one attached hydrogen (secondary N) is 2. The van der Waals surface area contributed by atoms with Gasteiger partial charge in [-0.15, -0.1) is 24.0 Å². The first-order chi connectivity index (χ1) is 7.86. The van der Waals surface area contributed by atoms with Gasteiger partial charge in [0.15, 0.2) is 5.96 Å². The predicted octanol–water partition coefficient (Wildman–Crippen LogP) is 3.07. The van der Waals surface area contributed by atoms with E-state index < -0.39 is 0 Å². The van der Waals surface area contributed by atoms with Gasteiger partial charge in [0, 0.05) is 19.6 Å². The molecule has 0 aromatic carbocycles. The average Bonchev–Trinajstić information content (AvgIpc) is 2.80. The Labute approximate surface area is 123 Å². The molecule has 100 valence electrons. The lowest BCUT2D eigenvalue weighted by Gasteiger charge is -2.16. The number of aliphatic imine (C=N–C) groups is 1. The summed E-state index contributed by atoms with van der Waals surface area (Å²) >= 11 is 0. The number of hydrogen-bond donors (Lipinski definition) is 2. The zero-order chi connectivity index (χ0) is 11.6. The Balaban J connectivity index is 0.00000256. The van der Waals surface area contributed by atoms with Crippen molar-refractivity contribution in [3.63, 3.8) is 0 Å². The molecule has 0 amide bonds. The van der Waals surface area contributed by atoms with Gasteiger partial charge in [-0.25, -0.2) is 0 Å². The number of unbranched alkanes of at least 4 members (excludes halogenated alkanes) is 3. The Kier molecular flexibility index (Phi) is 10.7. The van der Waals surface area contributed by atoms with Crippen molar-refractivity contribution in [1.29, 1.82) is 0 Å². The van der Waals surface area contributed by atoms with Crippen LogP contribution in [0.1, 0.15) is 45.4 Å². The Bertz CT molecular complexity index is 231. The molecule has 1 rings (SSSR count). The number of rotatable bonds is 6. The van der Waals surface area contributed by atoms with Crippen LogP contribution in [0.15, 0.2) is 17.1 Å². The molecule has 0 unspecified atom stereocenters. The molecule has 0 bridgehead atoms. The molecule has 0 fully saturated rings. The molecule has 3 nitrogen and oxygen atoms in total. The molecule has 0 saturated carbocycles. The van der Waals surface area contributed by atoms with Crippen LogP contribution in [-0.2, 0) is 0 Å². The van der Waals surface area contributed by atoms with Gasteiger partial charge >= 0.3 is 0 Å². The van der Waals surface area contributed by atoms with Crippen LogP contribution in [-0.4, -0.2) is 25.6 Å². The lowest BCUT2D eigenvalue weighted by molar-refractivity contribution is 0.614. The van der Waals surface area contributed by atoms with Crippen molar-refractivity contribution in [2.24, 2.45) is 4.99 Å². The van der Waals surface area contributed by atoms with Gasteiger partial charge < -0.3 is 10.6 Å². The van der Waals surface area contributed by atoms with E-state index in [4.69, 9.17) is 0 Å². The van der Waals surface area contributed by atoms with Crippen molar-refractivity contribution < 1.29 is 0 Å². The van der Waals surface area contributed by atoms with Crippen molar-refractivity contribution in [1.82, 2.24) is 10.6 Å². The molecular weight excluding hydrogens is 325 g/mol. The molecule has 1 aliphatic rings. The van der Waals surface area contributed by atoms with Gasteiger partial charge in [-0.2, -0.15) is 0 Å². The first-order valence-corrected chi connectivity index (χ1v) is 6.49. The monoisotopic (exact) mass is 351 g/mol. The summed E-state index contributed by atoms with van der Waals surface area (Å²) in [5.74, 6) is 0.949. The van der Waals surface area contributed by atoms with Gasteiger partial charge in [0.05, 0.1) is 0 Å². The molecule has 0 aliphatic heterocycles. The largest absolute Gasteiger partial charge is 0.356 e. The number of guanidine groups is 1. The van der Waals surface area contributed by atoms with E-state index in [1.165, 1.54) is 25.7 Å². The summed E-state index contributed by atoms with van der Waals surface area (Å²) in [6, 6.07) is 0.543. The van der Waals surface area contributed by atoms with Crippen LogP contribution in [0.25, 0.3) is 0 Å². The molecule has 0 saturated heterocycles. The number of hydrogen-bond acceptors (Lipinski definition) is 1. The van der Waals surface area contributed by atoms with E-state index in [0.29, 0.717) is 6.04 Å². The molecule has 0 aromatic rings. The highest BCUT2D eigenvalue weighted by Gasteiger charge is 2.10. The molecule has 4 heteroatoms. The molecule has 0 heterocycles. The fourth-order valence-electron chi connectivity index (χ4n) is 1.88. The summed E-state index contributed by atoms with van der Waals surface area (Å²) in [5, 5.41) is 6.80. The van der Waals surface area contributed by atoms with E-state index in [1.54, 1.807) is 0 Å². The van der Waals surface area contributed by atoms with E-state index in [-0.39, 0.29) is 24.0 Å². The van der Waals surface area contributed by atoms with Gasteiger partial charge in [0.1, 0.15) is 0 Å². The average molecular weight is 351 g/mol. The minimum absolute atomic E-state index is 0. The van der Waals surface area contributed by atoms with Crippen molar-refractivity contribution in [2.45, 2.75) is 51.5 Å². The molecule has 1 aliphatic carbocycles. The molecule has 0 radical (unpaired) electrons. The normalized spacial score (nSPS) is 15.8. The zero-order valence-corrected chi connectivity index (χ0v) is 13.4. The predicted molar refractivity (Wildman–Crippen MR) is 86.2 cm³/mol. The van der Waals surface area contributed by atoms with Crippen LogP contribution < -0.4 is 10.6 Å². The SMILES string of the molecule is CCCCCCNC(=NC)NC1CC=CC1.I. The fourth-order valence-corrected chi connectivity index (χ4v) is 1.88. The van der Waals surface area contributed by atoms with Gasteiger partial charge in [0.25, 0.3) is 0 Å². The van der Waals surface area contributed by atoms with Crippen LogP contribution in [0.5, 0.6) is 0 Å². The Morgan fingerprint density at radius 1 is 1.24 bits per heavy atom. The van der Waals surface area contributed by atoms with Crippen LogP contribution in [0.3, 0.4) is 0 Å². The Morgan fingerprint density at radius 3 is 2.53 bits per heavy atom. The molecule has 2 N–H and O–H groups in total. The zero-order valence-electron chi connectivity index (χ0n) is 11.0. The lowest BCUT2D eigenvalue weighted by Crippen LogP contribution is -2.42. The topological polar surface area (TPSA) is 36.4 Å². The molecule has 0 spiro atoms. The smallest absolute Gasteiger partial charge is 0.191 e. The second-order valence-corrected chi connectivity index (χ2v) is 4.34. The summed E-state index contributed by atoms with van der Waals surface area (Å²) in [4.78, 5) is 4.24. The quantitative estimate of drug-likeness (QED) is 0.254. The van der Waals surface area contributed by atoms with Crippen LogP contribution in [0, 0.1) is 0 Å². The second-order valence-electron chi connectivity index (χ2n) is 4.34. The number of nitrogens with zero attached hydrogens (tertiary/aromatic N) is 1. The van der Waals surface area contributed by atoms with Crippen molar-refractivity contribution in [3.8, 4) is 0 Å². The standard InChI is InChI=1S/C13H25N3.HI/c1-3-4-5-8-11-15-13(14-2)16-12-9-6-7-10-12;/h6-7,12H,3-5,8-11H2,1-2H3,(H2,14,15,16);1H. The minimum Gasteiger partial charge on any atom is -0.356 e. The lowest BCUT2D eigenvalue weighted by atomic mass is 10.2. The third-order valence-corrected chi connectivity index (χ3v) is 2.90. The maximum atomic E-state index is 4.24. The van der Waals surface area contributed by atoms with Crippen LogP contribution >= 0.6 is 24.0 Å². The number of halogens is 1. The summed E-state index contributed by atoms with van der Waals surface area (Å²) in [7, 11) is 1.84. The first-order valence-electron chi connectivity index (χ1n) is 6.49. The van der Waals surface area contributed by atoms with Gasteiger partial charge in [0.2, 0.25) is 0 Å².